The standard InChI is InChI=1S/C17H14F3NO4/c1-10-13(16(23)24)3-2-4-14(10)21-15(22)9-25-12-7-5-11(6-8-12)17(18,19)20/h2-8H,9H2,1H3,(H,21,22)(H,23,24). The van der Waals surface area contributed by atoms with E-state index in [-0.39, 0.29) is 11.3 Å². The zero-order valence-corrected chi connectivity index (χ0v) is 13.1. The van der Waals surface area contributed by atoms with Gasteiger partial charge in [0.2, 0.25) is 0 Å². The third-order valence-corrected chi connectivity index (χ3v) is 3.39. The van der Waals surface area contributed by atoms with Gasteiger partial charge in [-0.25, -0.2) is 4.79 Å². The first-order chi connectivity index (χ1) is 11.7. The van der Waals surface area contributed by atoms with E-state index in [2.05, 4.69) is 5.32 Å². The van der Waals surface area contributed by atoms with Crippen molar-refractivity contribution in [3.63, 3.8) is 0 Å². The molecule has 0 radical (unpaired) electrons. The first kappa shape index (κ1) is 18.3. The molecule has 2 rings (SSSR count). The Bertz CT molecular complexity index is 785. The monoisotopic (exact) mass is 353 g/mol. The van der Waals surface area contributed by atoms with Crippen LogP contribution >= 0.6 is 0 Å². The molecule has 0 fully saturated rings. The van der Waals surface area contributed by atoms with Crippen molar-refractivity contribution in [2.24, 2.45) is 0 Å². The highest BCUT2D eigenvalue weighted by molar-refractivity contribution is 5.96. The Morgan fingerprint density at radius 1 is 1.12 bits per heavy atom. The van der Waals surface area contributed by atoms with Gasteiger partial charge in [0.15, 0.2) is 6.61 Å². The molecule has 2 aromatic rings. The second-order valence-corrected chi connectivity index (χ2v) is 5.14. The lowest BCUT2D eigenvalue weighted by molar-refractivity contribution is -0.137. The van der Waals surface area contributed by atoms with E-state index in [1.54, 1.807) is 6.92 Å². The molecule has 2 aromatic carbocycles. The number of alkyl halides is 3. The molecule has 0 heterocycles. The summed E-state index contributed by atoms with van der Waals surface area (Å²) < 4.78 is 42.5. The molecule has 1 amide bonds. The number of carboxylic acids is 1. The van der Waals surface area contributed by atoms with Gasteiger partial charge < -0.3 is 15.2 Å². The summed E-state index contributed by atoms with van der Waals surface area (Å²) >= 11 is 0. The summed E-state index contributed by atoms with van der Waals surface area (Å²) in [6, 6.07) is 8.38. The molecule has 0 saturated heterocycles. The molecule has 8 heteroatoms. The van der Waals surface area contributed by atoms with E-state index in [1.807, 2.05) is 0 Å². The Kier molecular flexibility index (Phi) is 5.31. The lowest BCUT2D eigenvalue weighted by Crippen LogP contribution is -2.21. The van der Waals surface area contributed by atoms with Crippen molar-refractivity contribution in [3.05, 3.63) is 59.2 Å². The van der Waals surface area contributed by atoms with E-state index in [9.17, 15) is 22.8 Å². The SMILES string of the molecule is Cc1c(NC(=O)COc2ccc(C(F)(F)F)cc2)cccc1C(=O)O. The number of halogens is 3. The molecule has 0 atom stereocenters. The Morgan fingerprint density at radius 3 is 2.32 bits per heavy atom. The van der Waals surface area contributed by atoms with Crippen LogP contribution in [-0.2, 0) is 11.0 Å². The molecule has 0 aliphatic heterocycles. The fourth-order valence-electron chi connectivity index (χ4n) is 2.08. The maximum atomic E-state index is 12.5. The van der Waals surface area contributed by atoms with Crippen molar-refractivity contribution in [2.45, 2.75) is 13.1 Å². The van der Waals surface area contributed by atoms with E-state index >= 15 is 0 Å². The lowest BCUT2D eigenvalue weighted by Gasteiger charge is -2.12. The van der Waals surface area contributed by atoms with Gasteiger partial charge in [0.25, 0.3) is 5.91 Å². The van der Waals surface area contributed by atoms with Crippen LogP contribution in [0.4, 0.5) is 18.9 Å². The third kappa shape index (κ3) is 4.72. The zero-order valence-electron chi connectivity index (χ0n) is 13.1. The first-order valence-electron chi connectivity index (χ1n) is 7.11. The number of nitrogens with one attached hydrogen (secondary N) is 1. The van der Waals surface area contributed by atoms with Crippen molar-refractivity contribution in [1.82, 2.24) is 0 Å². The average molecular weight is 353 g/mol. The van der Waals surface area contributed by atoms with E-state index in [4.69, 9.17) is 9.84 Å². The van der Waals surface area contributed by atoms with Gasteiger partial charge in [-0.05, 0) is 48.9 Å². The number of ether oxygens (including phenoxy) is 1. The van der Waals surface area contributed by atoms with Crippen LogP contribution in [0.1, 0.15) is 21.5 Å². The number of aromatic carboxylic acids is 1. The van der Waals surface area contributed by atoms with Gasteiger partial charge in [-0.15, -0.1) is 0 Å². The first-order valence-corrected chi connectivity index (χ1v) is 7.11. The van der Waals surface area contributed by atoms with E-state index < -0.39 is 30.2 Å². The number of carboxylic acid groups (broad SMARTS) is 1. The van der Waals surface area contributed by atoms with Crippen LogP contribution < -0.4 is 10.1 Å². The normalized spacial score (nSPS) is 11.0. The number of benzene rings is 2. The quantitative estimate of drug-likeness (QED) is 0.859. The number of amides is 1. The number of hydrogen-bond acceptors (Lipinski definition) is 3. The fraction of sp³-hybridized carbons (Fsp3) is 0.176. The minimum absolute atomic E-state index is 0.0569. The molecule has 132 valence electrons. The summed E-state index contributed by atoms with van der Waals surface area (Å²) in [7, 11) is 0. The second kappa shape index (κ2) is 7.25. The molecule has 0 aliphatic rings. The van der Waals surface area contributed by atoms with Gasteiger partial charge in [-0.2, -0.15) is 13.2 Å². The molecule has 0 unspecified atom stereocenters. The Hall–Kier alpha value is -3.03. The summed E-state index contributed by atoms with van der Waals surface area (Å²) in [5, 5.41) is 11.5. The summed E-state index contributed by atoms with van der Waals surface area (Å²) in [5.74, 6) is -1.57. The number of rotatable bonds is 5. The summed E-state index contributed by atoms with van der Waals surface area (Å²) in [5.41, 5.74) is -0.0503. The maximum Gasteiger partial charge on any atom is 0.416 e. The number of carbonyl (C=O) groups excluding carboxylic acids is 1. The van der Waals surface area contributed by atoms with Crippen LogP contribution in [0.2, 0.25) is 0 Å². The van der Waals surface area contributed by atoms with Gasteiger partial charge in [0, 0.05) is 5.69 Å². The van der Waals surface area contributed by atoms with Crippen molar-refractivity contribution in [2.75, 3.05) is 11.9 Å². The average Bonchev–Trinajstić information content (AvgIpc) is 2.54. The Morgan fingerprint density at radius 2 is 1.76 bits per heavy atom. The van der Waals surface area contributed by atoms with Crippen molar-refractivity contribution in [1.29, 1.82) is 0 Å². The van der Waals surface area contributed by atoms with Crippen LogP contribution in [0.25, 0.3) is 0 Å². The summed E-state index contributed by atoms with van der Waals surface area (Å²) in [4.78, 5) is 22.9. The topological polar surface area (TPSA) is 75.6 Å². The predicted octanol–water partition coefficient (Wildman–Crippen LogP) is 3.73. The molecule has 25 heavy (non-hydrogen) atoms. The van der Waals surface area contributed by atoms with Gasteiger partial charge in [-0.1, -0.05) is 6.07 Å². The Labute approximate surface area is 141 Å². The van der Waals surface area contributed by atoms with Gasteiger partial charge >= 0.3 is 12.1 Å². The minimum Gasteiger partial charge on any atom is -0.484 e. The minimum atomic E-state index is -4.44. The third-order valence-electron chi connectivity index (χ3n) is 3.39. The molecule has 0 aromatic heterocycles. The summed E-state index contributed by atoms with van der Waals surface area (Å²) in [6.07, 6.45) is -4.44. The van der Waals surface area contributed by atoms with Crippen LogP contribution in [-0.4, -0.2) is 23.6 Å². The highest BCUT2D eigenvalue weighted by atomic mass is 19.4. The molecule has 2 N–H and O–H groups in total. The summed E-state index contributed by atoms with van der Waals surface area (Å²) in [6.45, 7) is 1.12. The van der Waals surface area contributed by atoms with Crippen LogP contribution in [0, 0.1) is 6.92 Å². The molecule has 0 bridgehead atoms. The number of hydrogen-bond donors (Lipinski definition) is 2. The predicted molar refractivity (Wildman–Crippen MR) is 83.7 cm³/mol. The highest BCUT2D eigenvalue weighted by Gasteiger charge is 2.30. The molecule has 5 nitrogen and oxygen atoms in total. The fourth-order valence-corrected chi connectivity index (χ4v) is 2.08. The number of anilines is 1. The maximum absolute atomic E-state index is 12.5. The van der Waals surface area contributed by atoms with Crippen molar-refractivity contribution in [3.8, 4) is 5.75 Å². The van der Waals surface area contributed by atoms with Crippen LogP contribution in [0.3, 0.4) is 0 Å². The molecular formula is C17H14F3NO4. The lowest BCUT2D eigenvalue weighted by atomic mass is 10.1. The zero-order chi connectivity index (χ0) is 18.6. The van der Waals surface area contributed by atoms with Crippen molar-refractivity contribution >= 4 is 17.6 Å². The van der Waals surface area contributed by atoms with Gasteiger partial charge in [0.1, 0.15) is 5.75 Å². The van der Waals surface area contributed by atoms with Crippen LogP contribution in [0.5, 0.6) is 5.75 Å². The van der Waals surface area contributed by atoms with E-state index in [1.165, 1.54) is 18.2 Å². The van der Waals surface area contributed by atoms with Gasteiger partial charge in [0.05, 0.1) is 11.1 Å². The smallest absolute Gasteiger partial charge is 0.416 e. The second-order valence-electron chi connectivity index (χ2n) is 5.14. The highest BCUT2D eigenvalue weighted by Crippen LogP contribution is 2.30. The molecule has 0 spiro atoms. The number of carbonyl (C=O) groups is 2. The van der Waals surface area contributed by atoms with Gasteiger partial charge in [-0.3, -0.25) is 4.79 Å². The largest absolute Gasteiger partial charge is 0.484 e. The molecular weight excluding hydrogens is 339 g/mol. The van der Waals surface area contributed by atoms with Crippen molar-refractivity contribution < 1.29 is 32.6 Å². The molecule has 0 saturated carbocycles. The molecule has 0 aliphatic carbocycles. The van der Waals surface area contributed by atoms with E-state index in [0.29, 0.717) is 11.3 Å². The van der Waals surface area contributed by atoms with Crippen LogP contribution in [0.15, 0.2) is 42.5 Å². The van der Waals surface area contributed by atoms with E-state index in [0.717, 1.165) is 24.3 Å². The Balaban J connectivity index is 1.97.